The largest absolute Gasteiger partial charge is 0.378 e. The quantitative estimate of drug-likeness (QED) is 0.787. The van der Waals surface area contributed by atoms with Crippen LogP contribution in [0.4, 0.5) is 5.69 Å². The van der Waals surface area contributed by atoms with Crippen molar-refractivity contribution < 1.29 is 9.53 Å². The first-order valence-electron chi connectivity index (χ1n) is 6.84. The predicted octanol–water partition coefficient (Wildman–Crippen LogP) is 1.13. The van der Waals surface area contributed by atoms with Crippen molar-refractivity contribution in [3.63, 3.8) is 0 Å². The Labute approximate surface area is 134 Å². The van der Waals surface area contributed by atoms with Crippen LogP contribution in [0, 0.1) is 6.92 Å². The summed E-state index contributed by atoms with van der Waals surface area (Å²) in [7, 11) is 0. The lowest BCUT2D eigenvalue weighted by molar-refractivity contribution is -0.120. The van der Waals surface area contributed by atoms with Gasteiger partial charge in [0.05, 0.1) is 13.2 Å². The van der Waals surface area contributed by atoms with Crippen LogP contribution in [0.5, 0.6) is 0 Å². The molecule has 0 spiro atoms. The lowest BCUT2D eigenvalue weighted by Crippen LogP contribution is -2.48. The lowest BCUT2D eigenvalue weighted by atomic mass is 10.2. The Bertz CT molecular complexity index is 622. The molecule has 0 bridgehead atoms. The van der Waals surface area contributed by atoms with E-state index in [1.807, 2.05) is 31.2 Å². The molecule has 1 amide bonds. The Morgan fingerprint density at radius 1 is 1.36 bits per heavy atom. The van der Waals surface area contributed by atoms with Crippen molar-refractivity contribution >= 4 is 24.0 Å². The number of carbonyl (C=O) groups excluding carboxylic acids is 1. The maximum atomic E-state index is 12.0. The topological polar surface area (TPSA) is 91.9 Å². The van der Waals surface area contributed by atoms with Gasteiger partial charge in [0.25, 0.3) is 0 Å². The van der Waals surface area contributed by atoms with E-state index in [9.17, 15) is 4.79 Å². The molecule has 0 radical (unpaired) electrons. The van der Waals surface area contributed by atoms with Gasteiger partial charge in [-0.3, -0.25) is 9.89 Å². The zero-order chi connectivity index (χ0) is 14.7. The zero-order valence-electron chi connectivity index (χ0n) is 12.1. The number of ether oxygens (including phenoxy) is 1. The first-order valence-corrected chi connectivity index (χ1v) is 6.84. The molecule has 3 rings (SSSR count). The van der Waals surface area contributed by atoms with Crippen molar-refractivity contribution in [1.82, 2.24) is 20.5 Å². The van der Waals surface area contributed by atoms with Gasteiger partial charge in [-0.15, -0.1) is 12.4 Å². The summed E-state index contributed by atoms with van der Waals surface area (Å²) in [6, 6.07) is 7.13. The van der Waals surface area contributed by atoms with Crippen LogP contribution in [0.3, 0.4) is 0 Å². The van der Waals surface area contributed by atoms with Gasteiger partial charge in [-0.1, -0.05) is 0 Å². The molecule has 22 heavy (non-hydrogen) atoms. The van der Waals surface area contributed by atoms with E-state index in [-0.39, 0.29) is 24.4 Å². The van der Waals surface area contributed by atoms with Crippen molar-refractivity contribution in [2.45, 2.75) is 13.0 Å². The Balaban J connectivity index is 0.00000176. The normalized spacial score (nSPS) is 17.6. The lowest BCUT2D eigenvalue weighted by Gasteiger charge is -2.22. The number of carbonyl (C=O) groups is 1. The Morgan fingerprint density at radius 3 is 2.73 bits per heavy atom. The van der Waals surface area contributed by atoms with Crippen molar-refractivity contribution in [1.29, 1.82) is 0 Å². The number of nitrogens with zero attached hydrogens (tertiary/aromatic N) is 2. The van der Waals surface area contributed by atoms with Gasteiger partial charge >= 0.3 is 0 Å². The fourth-order valence-corrected chi connectivity index (χ4v) is 2.14. The van der Waals surface area contributed by atoms with Crippen LogP contribution in [0.1, 0.15) is 5.82 Å². The number of hydrogen-bond donors (Lipinski definition) is 3. The number of H-pyrrole nitrogens is 1. The minimum atomic E-state index is -0.297. The summed E-state index contributed by atoms with van der Waals surface area (Å²) in [5.41, 5.74) is 1.64. The molecule has 0 saturated carbocycles. The third kappa shape index (κ3) is 3.82. The predicted molar refractivity (Wildman–Crippen MR) is 85.0 cm³/mol. The number of rotatable bonds is 3. The zero-order valence-corrected chi connectivity index (χ0v) is 12.9. The van der Waals surface area contributed by atoms with E-state index >= 15 is 0 Å². The highest BCUT2D eigenvalue weighted by molar-refractivity contribution is 5.95. The maximum absolute atomic E-state index is 12.0. The average molecular weight is 324 g/mol. The number of aromatic amines is 1. The molecule has 1 aromatic heterocycles. The van der Waals surface area contributed by atoms with E-state index in [4.69, 9.17) is 4.74 Å². The summed E-state index contributed by atoms with van der Waals surface area (Å²) in [5, 5.41) is 12.9. The fraction of sp³-hybridized carbons (Fsp3) is 0.357. The molecule has 2 heterocycles. The Kier molecular flexibility index (Phi) is 5.48. The number of aromatic nitrogens is 3. The second-order valence-corrected chi connectivity index (χ2v) is 4.89. The monoisotopic (exact) mass is 323 g/mol. The fourth-order valence-electron chi connectivity index (χ4n) is 2.14. The number of morpholine rings is 1. The van der Waals surface area contributed by atoms with Crippen LogP contribution < -0.4 is 10.6 Å². The summed E-state index contributed by atoms with van der Waals surface area (Å²) < 4.78 is 5.28. The molecule has 1 aliphatic rings. The summed E-state index contributed by atoms with van der Waals surface area (Å²) in [5.74, 6) is 1.33. The first-order chi connectivity index (χ1) is 10.2. The van der Waals surface area contributed by atoms with Gasteiger partial charge in [0, 0.05) is 17.8 Å². The molecule has 1 atom stereocenters. The van der Waals surface area contributed by atoms with Gasteiger partial charge in [-0.25, -0.2) is 4.98 Å². The van der Waals surface area contributed by atoms with Crippen LogP contribution >= 0.6 is 12.4 Å². The molecule has 118 valence electrons. The van der Waals surface area contributed by atoms with Crippen LogP contribution in [-0.2, 0) is 9.53 Å². The van der Waals surface area contributed by atoms with Gasteiger partial charge < -0.3 is 15.4 Å². The highest BCUT2D eigenvalue weighted by atomic mass is 35.5. The third-order valence-electron chi connectivity index (χ3n) is 3.25. The number of hydrogen-bond acceptors (Lipinski definition) is 5. The van der Waals surface area contributed by atoms with Gasteiger partial charge in [0.2, 0.25) is 5.91 Å². The average Bonchev–Trinajstić information content (AvgIpc) is 2.95. The van der Waals surface area contributed by atoms with Crippen molar-refractivity contribution in [3.8, 4) is 11.4 Å². The van der Waals surface area contributed by atoms with Crippen LogP contribution in [0.25, 0.3) is 11.4 Å². The van der Waals surface area contributed by atoms with E-state index in [1.54, 1.807) is 0 Å². The molecule has 1 fully saturated rings. The molecular weight excluding hydrogens is 306 g/mol. The second-order valence-electron chi connectivity index (χ2n) is 4.89. The highest BCUT2D eigenvalue weighted by Gasteiger charge is 2.21. The number of halogens is 1. The maximum Gasteiger partial charge on any atom is 0.243 e. The molecule has 1 aliphatic heterocycles. The van der Waals surface area contributed by atoms with Gasteiger partial charge in [0.15, 0.2) is 5.82 Å². The Hall–Kier alpha value is -1.96. The molecule has 1 aromatic carbocycles. The standard InChI is InChI=1S/C14H17N5O2.ClH/c1-9-16-13(19-18-9)10-2-4-11(5-3-10)17-14(20)12-8-21-7-6-15-12;/h2-5,12,15H,6-8H2,1H3,(H,17,20)(H,16,18,19);1H. The molecule has 2 aromatic rings. The molecule has 8 heteroatoms. The SMILES string of the molecule is Cc1nc(-c2ccc(NC(=O)C3COCCN3)cc2)n[nH]1.Cl. The molecular formula is C14H18ClN5O2. The summed E-state index contributed by atoms with van der Waals surface area (Å²) in [6.07, 6.45) is 0. The Morgan fingerprint density at radius 2 is 2.14 bits per heavy atom. The van der Waals surface area contributed by atoms with Gasteiger partial charge in [-0.2, -0.15) is 5.10 Å². The number of amides is 1. The van der Waals surface area contributed by atoms with Crippen molar-refractivity contribution in [3.05, 3.63) is 30.1 Å². The van der Waals surface area contributed by atoms with E-state index in [0.717, 1.165) is 17.1 Å². The van der Waals surface area contributed by atoms with Crippen molar-refractivity contribution in [2.75, 3.05) is 25.1 Å². The second kappa shape index (κ2) is 7.35. The number of benzene rings is 1. The van der Waals surface area contributed by atoms with Gasteiger partial charge in [-0.05, 0) is 31.2 Å². The summed E-state index contributed by atoms with van der Waals surface area (Å²) >= 11 is 0. The number of anilines is 1. The van der Waals surface area contributed by atoms with E-state index in [0.29, 0.717) is 25.6 Å². The van der Waals surface area contributed by atoms with Crippen LogP contribution in [-0.4, -0.2) is 46.9 Å². The van der Waals surface area contributed by atoms with Crippen LogP contribution in [0.2, 0.25) is 0 Å². The van der Waals surface area contributed by atoms with E-state index < -0.39 is 0 Å². The molecule has 3 N–H and O–H groups in total. The smallest absolute Gasteiger partial charge is 0.243 e. The molecule has 0 aliphatic carbocycles. The molecule has 7 nitrogen and oxygen atoms in total. The van der Waals surface area contributed by atoms with Crippen LogP contribution in [0.15, 0.2) is 24.3 Å². The highest BCUT2D eigenvalue weighted by Crippen LogP contribution is 2.18. The number of nitrogens with one attached hydrogen (secondary N) is 3. The third-order valence-corrected chi connectivity index (χ3v) is 3.25. The number of aryl methyl sites for hydroxylation is 1. The van der Waals surface area contributed by atoms with Gasteiger partial charge in [0.1, 0.15) is 11.9 Å². The minimum absolute atomic E-state index is 0. The summed E-state index contributed by atoms with van der Waals surface area (Å²) in [6.45, 7) is 3.60. The van der Waals surface area contributed by atoms with E-state index in [1.165, 1.54) is 0 Å². The van der Waals surface area contributed by atoms with E-state index in [2.05, 4.69) is 25.8 Å². The molecule has 1 unspecified atom stereocenters. The minimum Gasteiger partial charge on any atom is -0.378 e. The first kappa shape index (κ1) is 16.4. The molecule has 1 saturated heterocycles. The van der Waals surface area contributed by atoms with Crippen molar-refractivity contribution in [2.24, 2.45) is 0 Å². The summed E-state index contributed by atoms with van der Waals surface area (Å²) in [4.78, 5) is 16.3.